The average Bonchev–Trinajstić information content (AvgIpc) is 3.12. The molecule has 166 valence electrons. The van der Waals surface area contributed by atoms with Crippen LogP contribution in [0, 0.1) is 0 Å². The predicted molar refractivity (Wildman–Crippen MR) is 122 cm³/mol. The molecule has 0 radical (unpaired) electrons. The van der Waals surface area contributed by atoms with E-state index in [0.717, 1.165) is 80.1 Å². The molecule has 1 fully saturated rings. The number of aliphatic hydroxyl groups is 1. The summed E-state index contributed by atoms with van der Waals surface area (Å²) in [6, 6.07) is 6.12. The molecule has 2 aromatic rings. The van der Waals surface area contributed by atoms with Crippen LogP contribution >= 0.6 is 11.6 Å². The molecule has 0 saturated heterocycles. The lowest BCUT2D eigenvalue weighted by Gasteiger charge is -2.30. The molecule has 3 rings (SSSR count). The second-order valence-electron chi connectivity index (χ2n) is 8.67. The van der Waals surface area contributed by atoms with E-state index in [0.29, 0.717) is 12.0 Å². The Kier molecular flexibility index (Phi) is 8.72. The van der Waals surface area contributed by atoms with E-state index >= 15 is 0 Å². The maximum Gasteiger partial charge on any atom is 0.140 e. The van der Waals surface area contributed by atoms with E-state index in [1.165, 1.54) is 5.56 Å². The molecule has 1 heterocycles. The fourth-order valence-corrected chi connectivity index (χ4v) is 4.68. The lowest BCUT2D eigenvalue weighted by atomic mass is 9.86. The van der Waals surface area contributed by atoms with Crippen LogP contribution < -0.4 is 0 Å². The first-order valence-corrected chi connectivity index (χ1v) is 11.9. The maximum atomic E-state index is 9.19. The Bertz CT molecular complexity index is 798. The van der Waals surface area contributed by atoms with Gasteiger partial charge in [-0.2, -0.15) is 0 Å². The van der Waals surface area contributed by atoms with Gasteiger partial charge in [0, 0.05) is 24.0 Å². The molecule has 1 aromatic carbocycles. The maximum absolute atomic E-state index is 9.19. The van der Waals surface area contributed by atoms with Crippen LogP contribution in [0.4, 0.5) is 0 Å². The number of benzene rings is 1. The number of halogens is 1. The van der Waals surface area contributed by atoms with Crippen molar-refractivity contribution in [3.8, 4) is 5.69 Å². The van der Waals surface area contributed by atoms with Gasteiger partial charge in [0.15, 0.2) is 0 Å². The van der Waals surface area contributed by atoms with Gasteiger partial charge in [0.1, 0.15) is 11.6 Å². The van der Waals surface area contributed by atoms with Crippen LogP contribution in [-0.4, -0.2) is 38.7 Å². The molecule has 1 aliphatic rings. The van der Waals surface area contributed by atoms with E-state index < -0.39 is 0 Å². The Morgan fingerprint density at radius 2 is 1.90 bits per heavy atom. The molecule has 0 bridgehead atoms. The monoisotopic (exact) mass is 433 g/mol. The van der Waals surface area contributed by atoms with Gasteiger partial charge >= 0.3 is 0 Å². The Morgan fingerprint density at radius 3 is 2.57 bits per heavy atom. The molecule has 5 nitrogen and oxygen atoms in total. The number of nitrogens with zero attached hydrogens (tertiary/aromatic N) is 3. The Hall–Kier alpha value is -1.43. The van der Waals surface area contributed by atoms with Gasteiger partial charge in [-0.3, -0.25) is 4.57 Å². The topological polar surface area (TPSA) is 60.2 Å². The number of aryl methyl sites for hydroxylation is 2. The lowest BCUT2D eigenvalue weighted by molar-refractivity contribution is -0.0151. The van der Waals surface area contributed by atoms with Crippen LogP contribution in [0.15, 0.2) is 18.2 Å². The number of aromatic nitrogens is 3. The summed E-state index contributed by atoms with van der Waals surface area (Å²) >= 11 is 6.33. The Labute approximate surface area is 185 Å². The second-order valence-corrected chi connectivity index (χ2v) is 9.11. The van der Waals surface area contributed by atoms with E-state index in [1.54, 1.807) is 0 Å². The van der Waals surface area contributed by atoms with Crippen molar-refractivity contribution in [2.45, 2.75) is 96.7 Å². The quantitative estimate of drug-likeness (QED) is 0.492. The largest absolute Gasteiger partial charge is 0.396 e. The highest BCUT2D eigenvalue weighted by molar-refractivity contribution is 6.30. The predicted octanol–water partition coefficient (Wildman–Crippen LogP) is 5.64. The molecule has 1 aromatic heterocycles. The van der Waals surface area contributed by atoms with Crippen molar-refractivity contribution < 1.29 is 9.84 Å². The number of hydrogen-bond acceptors (Lipinski definition) is 4. The third-order valence-electron chi connectivity index (χ3n) is 5.87. The highest BCUT2D eigenvalue weighted by atomic mass is 35.5. The fourth-order valence-electron chi connectivity index (χ4n) is 4.48. The molecule has 0 amide bonds. The third-order valence-corrected chi connectivity index (χ3v) is 6.10. The second kappa shape index (κ2) is 11.3. The summed E-state index contributed by atoms with van der Waals surface area (Å²) in [5, 5.41) is 19.2. The molecule has 0 atom stereocenters. The summed E-state index contributed by atoms with van der Waals surface area (Å²) in [7, 11) is 0. The normalized spacial score (nSPS) is 19.5. The minimum absolute atomic E-state index is 0.219. The van der Waals surface area contributed by atoms with E-state index in [1.807, 2.05) is 6.07 Å². The summed E-state index contributed by atoms with van der Waals surface area (Å²) in [4.78, 5) is 0. The van der Waals surface area contributed by atoms with Crippen molar-refractivity contribution in [3.05, 3.63) is 40.4 Å². The molecule has 6 heteroatoms. The van der Waals surface area contributed by atoms with Crippen LogP contribution in [0.2, 0.25) is 5.02 Å². The van der Waals surface area contributed by atoms with E-state index in [-0.39, 0.29) is 12.7 Å². The minimum atomic E-state index is 0.219. The van der Waals surface area contributed by atoms with Gasteiger partial charge in [-0.1, -0.05) is 18.5 Å². The van der Waals surface area contributed by atoms with E-state index in [9.17, 15) is 5.11 Å². The molecule has 0 unspecified atom stereocenters. The number of hydrogen-bond donors (Lipinski definition) is 1. The van der Waals surface area contributed by atoms with Crippen LogP contribution in [0.5, 0.6) is 0 Å². The van der Waals surface area contributed by atoms with Gasteiger partial charge in [0.2, 0.25) is 0 Å². The van der Waals surface area contributed by atoms with Crippen LogP contribution in [0.3, 0.4) is 0 Å². The molecule has 1 N–H and O–H groups in total. The van der Waals surface area contributed by atoms with Gasteiger partial charge in [0.05, 0.1) is 17.9 Å². The first-order chi connectivity index (χ1) is 14.5. The highest BCUT2D eigenvalue weighted by Gasteiger charge is 2.29. The van der Waals surface area contributed by atoms with Crippen molar-refractivity contribution in [3.63, 3.8) is 0 Å². The SMILES string of the molecule is CCCc1nnc(C2CCC(OC(C)C)CC2)n1-c1ccc(Cl)cc1CCCCO. The molecule has 0 aliphatic heterocycles. The van der Waals surface area contributed by atoms with Crippen LogP contribution in [0.1, 0.15) is 88.8 Å². The molecular weight excluding hydrogens is 398 g/mol. The number of rotatable bonds is 10. The molecule has 0 spiro atoms. The Balaban J connectivity index is 1.90. The van der Waals surface area contributed by atoms with Crippen molar-refractivity contribution in [1.82, 2.24) is 14.8 Å². The van der Waals surface area contributed by atoms with Crippen LogP contribution in [0.25, 0.3) is 5.69 Å². The first-order valence-electron chi connectivity index (χ1n) is 11.5. The molecular formula is C24H36ClN3O2. The number of aliphatic hydroxyl groups excluding tert-OH is 1. The summed E-state index contributed by atoms with van der Waals surface area (Å²) in [6.07, 6.45) is 9.48. The van der Waals surface area contributed by atoms with Gasteiger partial charge < -0.3 is 9.84 Å². The smallest absolute Gasteiger partial charge is 0.140 e. The zero-order chi connectivity index (χ0) is 21.5. The highest BCUT2D eigenvalue weighted by Crippen LogP contribution is 2.36. The minimum Gasteiger partial charge on any atom is -0.396 e. The lowest BCUT2D eigenvalue weighted by Crippen LogP contribution is -2.25. The summed E-state index contributed by atoms with van der Waals surface area (Å²) in [5.41, 5.74) is 2.34. The van der Waals surface area contributed by atoms with Crippen LogP contribution in [-0.2, 0) is 17.6 Å². The van der Waals surface area contributed by atoms with Gasteiger partial charge in [-0.25, -0.2) is 0 Å². The number of ether oxygens (including phenoxy) is 1. The zero-order valence-electron chi connectivity index (χ0n) is 18.6. The fraction of sp³-hybridized carbons (Fsp3) is 0.667. The summed E-state index contributed by atoms with van der Waals surface area (Å²) in [6.45, 7) is 6.62. The molecule has 1 aliphatic carbocycles. The number of unbranched alkanes of at least 4 members (excludes halogenated alkanes) is 1. The van der Waals surface area contributed by atoms with Crippen molar-refractivity contribution >= 4 is 11.6 Å². The average molecular weight is 434 g/mol. The standard InChI is InChI=1S/C24H36ClN3O2/c1-4-7-23-26-27-24(18-9-12-21(13-10-18)30-17(2)3)28(23)22-14-11-20(25)16-19(22)8-5-6-15-29/h11,14,16-18,21,29H,4-10,12-13,15H2,1-3H3. The van der Waals surface area contributed by atoms with Gasteiger partial charge in [-0.15, -0.1) is 10.2 Å². The first kappa shape index (κ1) is 23.2. The molecule has 1 saturated carbocycles. The Morgan fingerprint density at radius 1 is 1.13 bits per heavy atom. The van der Waals surface area contributed by atoms with Crippen molar-refractivity contribution in [2.24, 2.45) is 0 Å². The third kappa shape index (κ3) is 5.83. The zero-order valence-corrected chi connectivity index (χ0v) is 19.4. The van der Waals surface area contributed by atoms with E-state index in [2.05, 4.69) is 47.7 Å². The molecule has 30 heavy (non-hydrogen) atoms. The van der Waals surface area contributed by atoms with Gasteiger partial charge in [-0.05, 0) is 89.0 Å². The summed E-state index contributed by atoms with van der Waals surface area (Å²) in [5.74, 6) is 2.50. The van der Waals surface area contributed by atoms with Crippen molar-refractivity contribution in [2.75, 3.05) is 6.61 Å². The van der Waals surface area contributed by atoms with Crippen molar-refractivity contribution in [1.29, 1.82) is 0 Å². The van der Waals surface area contributed by atoms with Gasteiger partial charge in [0.25, 0.3) is 0 Å². The summed E-state index contributed by atoms with van der Waals surface area (Å²) < 4.78 is 8.34. The van der Waals surface area contributed by atoms with E-state index in [4.69, 9.17) is 16.3 Å².